The van der Waals surface area contributed by atoms with E-state index in [-0.39, 0.29) is 5.92 Å². The van der Waals surface area contributed by atoms with Crippen LogP contribution in [0, 0.1) is 5.92 Å². The van der Waals surface area contributed by atoms with Crippen molar-refractivity contribution in [3.8, 4) is 0 Å². The van der Waals surface area contributed by atoms with Crippen LogP contribution in [0.25, 0.3) is 0 Å². The van der Waals surface area contributed by atoms with E-state index < -0.39 is 9.84 Å². The highest BCUT2D eigenvalue weighted by atomic mass is 79.9. The zero-order chi connectivity index (χ0) is 11.6. The predicted octanol–water partition coefficient (Wildman–Crippen LogP) is 1.69. The molecule has 0 bridgehead atoms. The lowest BCUT2D eigenvalue weighted by atomic mass is 10.1. The van der Waals surface area contributed by atoms with Gasteiger partial charge in [-0.2, -0.15) is 0 Å². The van der Waals surface area contributed by atoms with Crippen molar-refractivity contribution >= 4 is 31.5 Å². The minimum atomic E-state index is -2.77. The maximum atomic E-state index is 11.3. The number of nitrogens with zero attached hydrogens (tertiary/aromatic N) is 1. The molecule has 1 aliphatic rings. The first-order chi connectivity index (χ1) is 7.55. The van der Waals surface area contributed by atoms with Crippen LogP contribution in [-0.4, -0.2) is 31.5 Å². The number of anilines is 1. The molecule has 0 aliphatic carbocycles. The maximum Gasteiger partial charge on any atom is 0.150 e. The predicted molar refractivity (Wildman–Crippen MR) is 67.2 cm³/mol. The van der Waals surface area contributed by atoms with Crippen LogP contribution >= 0.6 is 15.9 Å². The van der Waals surface area contributed by atoms with E-state index in [0.717, 1.165) is 16.6 Å². The van der Waals surface area contributed by atoms with Crippen LogP contribution in [0.5, 0.6) is 0 Å². The molecule has 1 atom stereocenters. The minimum Gasteiger partial charge on any atom is -0.383 e. The average Bonchev–Trinajstić information content (AvgIpc) is 2.56. The number of nitrogens with one attached hydrogen (secondary N) is 1. The number of rotatable bonds is 3. The molecule has 88 valence electrons. The number of pyridine rings is 1. The molecular weight excluding hydrogens is 292 g/mol. The van der Waals surface area contributed by atoms with Gasteiger partial charge in [-0.3, -0.25) is 4.98 Å². The number of aromatic nitrogens is 1. The summed E-state index contributed by atoms with van der Waals surface area (Å²) in [5, 5.41) is 3.21. The number of hydrogen-bond donors (Lipinski definition) is 1. The van der Waals surface area contributed by atoms with E-state index in [0.29, 0.717) is 18.1 Å². The molecule has 16 heavy (non-hydrogen) atoms. The summed E-state index contributed by atoms with van der Waals surface area (Å²) in [6.45, 7) is 0.692. The third kappa shape index (κ3) is 3.18. The van der Waals surface area contributed by atoms with Crippen LogP contribution in [0.2, 0.25) is 0 Å². The molecule has 2 rings (SSSR count). The van der Waals surface area contributed by atoms with Crippen molar-refractivity contribution < 1.29 is 8.42 Å². The molecule has 4 nitrogen and oxygen atoms in total. The fraction of sp³-hybridized carbons (Fsp3) is 0.500. The van der Waals surface area contributed by atoms with Crippen molar-refractivity contribution in [2.24, 2.45) is 5.92 Å². The van der Waals surface area contributed by atoms with Crippen molar-refractivity contribution in [2.75, 3.05) is 23.4 Å². The molecule has 0 radical (unpaired) electrons. The highest BCUT2D eigenvalue weighted by Crippen LogP contribution is 2.20. The van der Waals surface area contributed by atoms with Crippen LogP contribution in [0.1, 0.15) is 6.42 Å². The molecule has 1 saturated heterocycles. The summed E-state index contributed by atoms with van der Waals surface area (Å²) in [6.07, 6.45) is 4.20. The molecule has 1 aliphatic heterocycles. The number of halogens is 1. The molecule has 1 fully saturated rings. The third-order valence-electron chi connectivity index (χ3n) is 2.63. The Bertz CT molecular complexity index is 475. The van der Waals surface area contributed by atoms with Gasteiger partial charge in [0.25, 0.3) is 0 Å². The normalized spacial score (nSPS) is 23.2. The van der Waals surface area contributed by atoms with Gasteiger partial charge in [-0.1, -0.05) is 0 Å². The highest BCUT2D eigenvalue weighted by molar-refractivity contribution is 9.10. The number of hydrogen-bond acceptors (Lipinski definition) is 4. The van der Waals surface area contributed by atoms with Crippen molar-refractivity contribution in [3.05, 3.63) is 22.9 Å². The van der Waals surface area contributed by atoms with E-state index in [1.807, 2.05) is 6.07 Å². The van der Waals surface area contributed by atoms with E-state index in [1.54, 1.807) is 12.4 Å². The Morgan fingerprint density at radius 1 is 1.50 bits per heavy atom. The SMILES string of the molecule is O=S1(=O)CCC(CNc2cncc(Br)c2)C1. The average molecular weight is 305 g/mol. The van der Waals surface area contributed by atoms with Gasteiger partial charge in [0.15, 0.2) is 9.84 Å². The Morgan fingerprint density at radius 3 is 2.94 bits per heavy atom. The van der Waals surface area contributed by atoms with E-state index in [1.165, 1.54) is 0 Å². The van der Waals surface area contributed by atoms with Gasteiger partial charge >= 0.3 is 0 Å². The monoisotopic (exact) mass is 304 g/mol. The summed E-state index contributed by atoms with van der Waals surface area (Å²) in [5.74, 6) is 0.862. The van der Waals surface area contributed by atoms with Gasteiger partial charge in [0.05, 0.1) is 23.4 Å². The van der Waals surface area contributed by atoms with Gasteiger partial charge in [-0.05, 0) is 34.3 Å². The molecule has 0 aromatic carbocycles. The Hall–Kier alpha value is -0.620. The van der Waals surface area contributed by atoms with Crippen LogP contribution in [-0.2, 0) is 9.84 Å². The summed E-state index contributed by atoms with van der Waals surface area (Å²) in [7, 11) is -2.77. The lowest BCUT2D eigenvalue weighted by Gasteiger charge is -2.10. The van der Waals surface area contributed by atoms with Crippen molar-refractivity contribution in [3.63, 3.8) is 0 Å². The van der Waals surface area contributed by atoms with Crippen LogP contribution < -0.4 is 5.32 Å². The summed E-state index contributed by atoms with van der Waals surface area (Å²) in [4.78, 5) is 4.03. The zero-order valence-corrected chi connectivity index (χ0v) is 11.1. The second-order valence-corrected chi connectivity index (χ2v) is 7.19. The first-order valence-corrected chi connectivity index (χ1v) is 7.71. The fourth-order valence-electron chi connectivity index (χ4n) is 1.80. The summed E-state index contributed by atoms with van der Waals surface area (Å²) in [6, 6.07) is 1.93. The molecule has 1 unspecified atom stereocenters. The van der Waals surface area contributed by atoms with Crippen LogP contribution in [0.4, 0.5) is 5.69 Å². The molecule has 1 aromatic heterocycles. The Morgan fingerprint density at radius 2 is 2.31 bits per heavy atom. The van der Waals surface area contributed by atoms with E-state index in [9.17, 15) is 8.42 Å². The molecule has 0 saturated carbocycles. The standard InChI is InChI=1S/C10H13BrN2O2S/c11-9-3-10(6-12-5-9)13-4-8-1-2-16(14,15)7-8/h3,5-6,8,13H,1-2,4,7H2. The lowest BCUT2D eigenvalue weighted by molar-refractivity contribution is 0.596. The van der Waals surface area contributed by atoms with E-state index in [4.69, 9.17) is 0 Å². The summed E-state index contributed by atoms with van der Waals surface area (Å²) >= 11 is 3.34. The first kappa shape index (κ1) is 11.9. The molecule has 1 aromatic rings. The van der Waals surface area contributed by atoms with Gasteiger partial charge in [0.1, 0.15) is 0 Å². The molecule has 1 N–H and O–H groups in total. The van der Waals surface area contributed by atoms with Gasteiger partial charge in [-0.25, -0.2) is 8.42 Å². The van der Waals surface area contributed by atoms with E-state index >= 15 is 0 Å². The molecular formula is C10H13BrN2O2S. The first-order valence-electron chi connectivity index (χ1n) is 5.10. The Kier molecular flexibility index (Phi) is 3.49. The summed E-state index contributed by atoms with van der Waals surface area (Å²) < 4.78 is 23.4. The smallest absolute Gasteiger partial charge is 0.150 e. The van der Waals surface area contributed by atoms with Crippen LogP contribution in [0.3, 0.4) is 0 Å². The fourth-order valence-corrected chi connectivity index (χ4v) is 4.03. The van der Waals surface area contributed by atoms with Gasteiger partial charge in [0.2, 0.25) is 0 Å². The van der Waals surface area contributed by atoms with Crippen molar-refractivity contribution in [2.45, 2.75) is 6.42 Å². The Balaban J connectivity index is 1.89. The molecule has 6 heteroatoms. The molecule has 0 amide bonds. The molecule has 0 spiro atoms. The second-order valence-electron chi connectivity index (χ2n) is 4.04. The summed E-state index contributed by atoms with van der Waals surface area (Å²) in [5.41, 5.74) is 0.915. The quantitative estimate of drug-likeness (QED) is 0.923. The van der Waals surface area contributed by atoms with Gasteiger partial charge < -0.3 is 5.32 Å². The van der Waals surface area contributed by atoms with Crippen molar-refractivity contribution in [1.29, 1.82) is 0 Å². The number of sulfone groups is 1. The van der Waals surface area contributed by atoms with Gasteiger partial charge in [0, 0.05) is 17.2 Å². The molecule has 2 heterocycles. The largest absolute Gasteiger partial charge is 0.383 e. The van der Waals surface area contributed by atoms with Crippen LogP contribution in [0.15, 0.2) is 22.9 Å². The minimum absolute atomic E-state index is 0.226. The Labute approximate surface area is 104 Å². The lowest BCUT2D eigenvalue weighted by Crippen LogP contribution is -2.15. The third-order valence-corrected chi connectivity index (χ3v) is 4.90. The van der Waals surface area contributed by atoms with Gasteiger partial charge in [-0.15, -0.1) is 0 Å². The zero-order valence-electron chi connectivity index (χ0n) is 8.69. The van der Waals surface area contributed by atoms with Crippen molar-refractivity contribution in [1.82, 2.24) is 4.98 Å². The van der Waals surface area contributed by atoms with E-state index in [2.05, 4.69) is 26.2 Å². The topological polar surface area (TPSA) is 59.1 Å². The maximum absolute atomic E-state index is 11.3. The highest BCUT2D eigenvalue weighted by Gasteiger charge is 2.27. The second kappa shape index (κ2) is 4.71.